The van der Waals surface area contributed by atoms with Crippen molar-refractivity contribution in [1.82, 2.24) is 0 Å². The van der Waals surface area contributed by atoms with Gasteiger partial charge in [0.25, 0.3) is 0 Å². The summed E-state index contributed by atoms with van der Waals surface area (Å²) in [4.78, 5) is 0. The Morgan fingerprint density at radius 3 is 2.29 bits per heavy atom. The predicted octanol–water partition coefficient (Wildman–Crippen LogP) is 3.43. The molecule has 1 saturated carbocycles. The Balaban J connectivity index is 1.87. The van der Waals surface area contributed by atoms with Crippen molar-refractivity contribution in [2.45, 2.75) is 37.5 Å². The number of fused-ring (bicyclic) bond motifs is 2. The van der Waals surface area contributed by atoms with Crippen LogP contribution in [0.2, 0.25) is 0 Å². The number of benzene rings is 2. The van der Waals surface area contributed by atoms with E-state index in [9.17, 15) is 0 Å². The van der Waals surface area contributed by atoms with Gasteiger partial charge in [-0.1, -0.05) is 73.0 Å². The maximum Gasteiger partial charge on any atom is 0.0384 e. The molecule has 0 atom stereocenters. The molecule has 0 radical (unpaired) electrons. The van der Waals surface area contributed by atoms with Crippen molar-refractivity contribution in [2.75, 3.05) is 0 Å². The highest BCUT2D eigenvalue weighted by atomic mass is 28.1. The molecular formula is C20H22Si. The van der Waals surface area contributed by atoms with Crippen LogP contribution in [0.5, 0.6) is 0 Å². The Morgan fingerprint density at radius 2 is 1.52 bits per heavy atom. The summed E-state index contributed by atoms with van der Waals surface area (Å²) in [6.45, 7) is 0. The van der Waals surface area contributed by atoms with Crippen LogP contribution in [0.4, 0.5) is 0 Å². The highest BCUT2D eigenvalue weighted by molar-refractivity contribution is 6.32. The van der Waals surface area contributed by atoms with Gasteiger partial charge >= 0.3 is 0 Å². The zero-order valence-electron chi connectivity index (χ0n) is 12.7. The SMILES string of the molecule is [SiH3]c1ccc(C2=Cc3ccccc3C23CCCCC3)cc1. The lowest BCUT2D eigenvalue weighted by molar-refractivity contribution is 0.372. The van der Waals surface area contributed by atoms with Gasteiger partial charge in [0, 0.05) is 15.7 Å². The van der Waals surface area contributed by atoms with Crippen LogP contribution in [0.3, 0.4) is 0 Å². The lowest BCUT2D eigenvalue weighted by Crippen LogP contribution is -2.28. The van der Waals surface area contributed by atoms with Gasteiger partial charge in [-0.2, -0.15) is 0 Å². The Bertz CT molecular complexity index is 688. The second-order valence-electron chi connectivity index (χ2n) is 6.65. The second-order valence-corrected chi connectivity index (χ2v) is 7.81. The van der Waals surface area contributed by atoms with Gasteiger partial charge in [-0.3, -0.25) is 0 Å². The quantitative estimate of drug-likeness (QED) is 0.706. The molecule has 4 rings (SSSR count). The van der Waals surface area contributed by atoms with Crippen molar-refractivity contribution in [3.63, 3.8) is 0 Å². The number of hydrogen-bond donors (Lipinski definition) is 0. The Morgan fingerprint density at radius 1 is 0.810 bits per heavy atom. The topological polar surface area (TPSA) is 0 Å². The standard InChI is InChI=1S/C20H22Si/c21-17-10-8-15(9-11-17)19-14-16-6-2-3-7-18(16)20(19)12-4-1-5-13-20/h2-3,6-11,14H,1,4-5,12-13H2,21H3. The second kappa shape index (κ2) is 4.99. The fourth-order valence-corrected chi connectivity index (χ4v) is 4.62. The molecule has 2 aromatic carbocycles. The fourth-order valence-electron chi connectivity index (χ4n) is 4.28. The van der Waals surface area contributed by atoms with E-state index in [2.05, 4.69) is 54.6 Å². The largest absolute Gasteiger partial charge is 0.0707 e. The minimum absolute atomic E-state index is 0.293. The zero-order valence-corrected chi connectivity index (χ0v) is 14.7. The summed E-state index contributed by atoms with van der Waals surface area (Å²) in [5.74, 6) is 0. The smallest absolute Gasteiger partial charge is 0.0384 e. The molecule has 0 N–H and O–H groups in total. The van der Waals surface area contributed by atoms with Crippen molar-refractivity contribution in [3.8, 4) is 0 Å². The monoisotopic (exact) mass is 290 g/mol. The average Bonchev–Trinajstić information content (AvgIpc) is 2.84. The van der Waals surface area contributed by atoms with Crippen LogP contribution in [-0.4, -0.2) is 10.2 Å². The van der Waals surface area contributed by atoms with Crippen molar-refractivity contribution >= 4 is 27.1 Å². The van der Waals surface area contributed by atoms with Crippen molar-refractivity contribution in [3.05, 3.63) is 65.2 Å². The summed E-state index contributed by atoms with van der Waals surface area (Å²) in [6.07, 6.45) is 9.23. The lowest BCUT2D eigenvalue weighted by Gasteiger charge is -2.38. The molecule has 0 aliphatic heterocycles. The number of rotatable bonds is 1. The summed E-state index contributed by atoms with van der Waals surface area (Å²) >= 11 is 0. The van der Waals surface area contributed by atoms with E-state index >= 15 is 0 Å². The molecule has 106 valence electrons. The van der Waals surface area contributed by atoms with Gasteiger partial charge in [0.1, 0.15) is 0 Å². The summed E-state index contributed by atoms with van der Waals surface area (Å²) in [5, 5.41) is 1.48. The molecule has 2 aliphatic carbocycles. The van der Waals surface area contributed by atoms with Crippen LogP contribution in [0.1, 0.15) is 48.8 Å². The van der Waals surface area contributed by atoms with Gasteiger partial charge < -0.3 is 0 Å². The first-order valence-corrected chi connectivity index (χ1v) is 9.18. The summed E-state index contributed by atoms with van der Waals surface area (Å²) < 4.78 is 0. The molecule has 0 amide bonds. The van der Waals surface area contributed by atoms with E-state index in [1.807, 2.05) is 0 Å². The average molecular weight is 290 g/mol. The van der Waals surface area contributed by atoms with Crippen LogP contribution in [0.15, 0.2) is 48.5 Å². The third-order valence-corrected chi connectivity index (χ3v) is 6.03. The van der Waals surface area contributed by atoms with Gasteiger partial charge in [0.05, 0.1) is 0 Å². The Labute approximate surface area is 130 Å². The normalized spacial score (nSPS) is 19.5. The number of hydrogen-bond acceptors (Lipinski definition) is 0. The fraction of sp³-hybridized carbons (Fsp3) is 0.300. The first-order chi connectivity index (χ1) is 10.3. The van der Waals surface area contributed by atoms with Gasteiger partial charge in [-0.25, -0.2) is 0 Å². The van der Waals surface area contributed by atoms with Crippen LogP contribution in [-0.2, 0) is 5.41 Å². The molecule has 1 heteroatoms. The molecule has 2 aromatic rings. The van der Waals surface area contributed by atoms with Crippen LogP contribution in [0, 0.1) is 0 Å². The molecule has 0 saturated heterocycles. The van der Waals surface area contributed by atoms with E-state index in [0.29, 0.717) is 5.41 Å². The molecule has 0 unspecified atom stereocenters. The van der Waals surface area contributed by atoms with E-state index < -0.39 is 0 Å². The van der Waals surface area contributed by atoms with E-state index in [1.54, 1.807) is 11.1 Å². The predicted molar refractivity (Wildman–Crippen MR) is 95.1 cm³/mol. The first-order valence-electron chi connectivity index (χ1n) is 8.18. The Hall–Kier alpha value is -1.60. The number of allylic oxidation sites excluding steroid dienone is 1. The van der Waals surface area contributed by atoms with Crippen molar-refractivity contribution in [1.29, 1.82) is 0 Å². The van der Waals surface area contributed by atoms with E-state index in [-0.39, 0.29) is 0 Å². The van der Waals surface area contributed by atoms with Crippen molar-refractivity contribution in [2.24, 2.45) is 0 Å². The Kier molecular flexibility index (Phi) is 3.11. The molecule has 21 heavy (non-hydrogen) atoms. The molecule has 0 aromatic heterocycles. The van der Waals surface area contributed by atoms with Gasteiger partial charge in [-0.05, 0) is 41.2 Å². The maximum absolute atomic E-state index is 2.46. The van der Waals surface area contributed by atoms with E-state index in [1.165, 1.54) is 48.4 Å². The first kappa shape index (κ1) is 13.1. The summed E-state index contributed by atoms with van der Waals surface area (Å²) in [7, 11) is 1.14. The summed E-state index contributed by atoms with van der Waals surface area (Å²) in [6, 6.07) is 18.4. The van der Waals surface area contributed by atoms with Gasteiger partial charge in [0.15, 0.2) is 0 Å². The molecular weight excluding hydrogens is 268 g/mol. The third kappa shape index (κ3) is 2.03. The molecule has 0 bridgehead atoms. The maximum atomic E-state index is 2.46. The van der Waals surface area contributed by atoms with Gasteiger partial charge in [-0.15, -0.1) is 0 Å². The van der Waals surface area contributed by atoms with Crippen molar-refractivity contribution < 1.29 is 0 Å². The molecule has 0 heterocycles. The minimum Gasteiger partial charge on any atom is -0.0707 e. The van der Waals surface area contributed by atoms with E-state index in [4.69, 9.17) is 0 Å². The molecule has 1 fully saturated rings. The van der Waals surface area contributed by atoms with Gasteiger partial charge in [0.2, 0.25) is 0 Å². The van der Waals surface area contributed by atoms with Crippen LogP contribution < -0.4 is 5.19 Å². The minimum atomic E-state index is 0.293. The molecule has 1 spiro atoms. The third-order valence-electron chi connectivity index (χ3n) is 5.36. The molecule has 2 aliphatic rings. The van der Waals surface area contributed by atoms with Crippen LogP contribution >= 0.6 is 0 Å². The lowest BCUT2D eigenvalue weighted by atomic mass is 9.66. The highest BCUT2D eigenvalue weighted by Gasteiger charge is 2.42. The van der Waals surface area contributed by atoms with E-state index in [0.717, 1.165) is 10.2 Å². The van der Waals surface area contributed by atoms with Crippen LogP contribution in [0.25, 0.3) is 11.6 Å². The molecule has 0 nitrogen and oxygen atoms in total. The summed E-state index contributed by atoms with van der Waals surface area (Å²) in [5.41, 5.74) is 6.33. The highest BCUT2D eigenvalue weighted by Crippen LogP contribution is 2.54. The zero-order chi connectivity index (χ0) is 14.3.